The van der Waals surface area contributed by atoms with E-state index in [9.17, 15) is 9.18 Å². The highest BCUT2D eigenvalue weighted by atomic mass is 35.5. The van der Waals surface area contributed by atoms with Crippen LogP contribution in [-0.4, -0.2) is 21.8 Å². The van der Waals surface area contributed by atoms with Crippen LogP contribution in [0.1, 0.15) is 16.1 Å². The molecule has 0 aliphatic rings. The summed E-state index contributed by atoms with van der Waals surface area (Å²) in [5.41, 5.74) is 1.52. The maximum Gasteiger partial charge on any atom is 0.271 e. The number of rotatable bonds is 4. The van der Waals surface area contributed by atoms with Gasteiger partial charge in [0.1, 0.15) is 17.2 Å². The van der Waals surface area contributed by atoms with Crippen molar-refractivity contribution in [3.05, 3.63) is 70.9 Å². The molecule has 3 aromatic rings. The molecule has 2 aromatic heterocycles. The van der Waals surface area contributed by atoms with E-state index in [4.69, 9.17) is 11.6 Å². The number of carbonyl (C=O) groups excluding carboxylic acids is 1. The molecule has 3 rings (SSSR count). The van der Waals surface area contributed by atoms with Crippen molar-refractivity contribution in [3.63, 3.8) is 0 Å². The van der Waals surface area contributed by atoms with Gasteiger partial charge in [-0.3, -0.25) is 4.79 Å². The zero-order valence-electron chi connectivity index (χ0n) is 11.6. The van der Waals surface area contributed by atoms with Crippen LogP contribution >= 0.6 is 11.6 Å². The number of fused-ring (bicyclic) bond motifs is 1. The molecular formula is C16H13ClFN3O. The second-order valence-electron chi connectivity index (χ2n) is 4.84. The zero-order chi connectivity index (χ0) is 15.5. The lowest BCUT2D eigenvalue weighted by atomic mass is 10.1. The minimum Gasteiger partial charge on any atom is -0.350 e. The number of hydrogen-bond donors (Lipinski definition) is 1. The van der Waals surface area contributed by atoms with Crippen LogP contribution in [-0.2, 0) is 6.42 Å². The van der Waals surface area contributed by atoms with E-state index in [1.807, 2.05) is 0 Å². The van der Waals surface area contributed by atoms with E-state index >= 15 is 0 Å². The largest absolute Gasteiger partial charge is 0.350 e. The van der Waals surface area contributed by atoms with E-state index in [2.05, 4.69) is 10.3 Å². The van der Waals surface area contributed by atoms with Crippen LogP contribution in [0.15, 0.2) is 48.8 Å². The van der Waals surface area contributed by atoms with Crippen LogP contribution in [0, 0.1) is 5.82 Å². The van der Waals surface area contributed by atoms with Crippen LogP contribution in [0.4, 0.5) is 4.39 Å². The summed E-state index contributed by atoms with van der Waals surface area (Å²) in [5, 5.41) is 3.30. The molecule has 0 spiro atoms. The van der Waals surface area contributed by atoms with Crippen molar-refractivity contribution in [1.82, 2.24) is 14.7 Å². The molecule has 0 atom stereocenters. The van der Waals surface area contributed by atoms with Gasteiger partial charge in [0.25, 0.3) is 5.91 Å². The first-order chi connectivity index (χ1) is 10.6. The highest BCUT2D eigenvalue weighted by Gasteiger charge is 2.10. The molecule has 0 radical (unpaired) electrons. The molecule has 0 saturated heterocycles. The summed E-state index contributed by atoms with van der Waals surface area (Å²) in [6.07, 6.45) is 3.72. The molecular weight excluding hydrogens is 305 g/mol. The number of aromatic nitrogens is 2. The van der Waals surface area contributed by atoms with E-state index in [0.717, 1.165) is 0 Å². The molecule has 0 aliphatic carbocycles. The van der Waals surface area contributed by atoms with Gasteiger partial charge in [-0.2, -0.15) is 0 Å². The molecule has 4 nitrogen and oxygen atoms in total. The highest BCUT2D eigenvalue weighted by Crippen LogP contribution is 2.12. The maximum absolute atomic E-state index is 13.5. The van der Waals surface area contributed by atoms with Gasteiger partial charge >= 0.3 is 0 Å². The van der Waals surface area contributed by atoms with Crippen molar-refractivity contribution in [2.45, 2.75) is 6.42 Å². The third-order valence-corrected chi connectivity index (χ3v) is 3.51. The van der Waals surface area contributed by atoms with Crippen molar-refractivity contribution in [2.75, 3.05) is 6.54 Å². The number of pyridine rings is 1. The van der Waals surface area contributed by atoms with Gasteiger partial charge in [0.05, 0.1) is 5.02 Å². The Morgan fingerprint density at radius 1 is 1.23 bits per heavy atom. The Balaban J connectivity index is 1.65. The number of hydrogen-bond acceptors (Lipinski definition) is 2. The third kappa shape index (κ3) is 3.09. The molecule has 2 heterocycles. The quantitative estimate of drug-likeness (QED) is 0.803. The van der Waals surface area contributed by atoms with Gasteiger partial charge in [-0.1, -0.05) is 29.8 Å². The number of nitrogens with one attached hydrogen (secondary N) is 1. The first-order valence-corrected chi connectivity index (χ1v) is 7.17. The molecule has 6 heteroatoms. The van der Waals surface area contributed by atoms with Crippen molar-refractivity contribution in [3.8, 4) is 0 Å². The minimum absolute atomic E-state index is 0.265. The van der Waals surface area contributed by atoms with Crippen LogP contribution < -0.4 is 5.32 Å². The number of halogens is 2. The summed E-state index contributed by atoms with van der Waals surface area (Å²) < 4.78 is 15.2. The molecule has 22 heavy (non-hydrogen) atoms. The Morgan fingerprint density at radius 2 is 2.05 bits per heavy atom. The fourth-order valence-corrected chi connectivity index (χ4v) is 2.34. The topological polar surface area (TPSA) is 46.4 Å². The SMILES string of the molecule is O=C(NCCc1ccccc1F)c1cn2cc(Cl)ccc2n1. The summed E-state index contributed by atoms with van der Waals surface area (Å²) in [6.45, 7) is 0.342. The van der Waals surface area contributed by atoms with E-state index in [1.54, 1.807) is 47.1 Å². The summed E-state index contributed by atoms with van der Waals surface area (Å²) in [6, 6.07) is 9.96. The fraction of sp³-hybridized carbons (Fsp3) is 0.125. The number of benzene rings is 1. The van der Waals surface area contributed by atoms with E-state index in [-0.39, 0.29) is 11.7 Å². The number of nitrogens with zero attached hydrogens (tertiary/aromatic N) is 2. The minimum atomic E-state index is -0.295. The number of amides is 1. The van der Waals surface area contributed by atoms with Gasteiger partial charge in [-0.05, 0) is 30.2 Å². The normalized spacial score (nSPS) is 10.8. The summed E-state index contributed by atoms with van der Waals surface area (Å²) >= 11 is 5.89. The van der Waals surface area contributed by atoms with Crippen molar-refractivity contribution in [2.24, 2.45) is 0 Å². The lowest BCUT2D eigenvalue weighted by Gasteiger charge is -2.04. The van der Waals surface area contributed by atoms with Crippen molar-refractivity contribution >= 4 is 23.2 Å². The average molecular weight is 318 g/mol. The van der Waals surface area contributed by atoms with Gasteiger partial charge < -0.3 is 9.72 Å². The van der Waals surface area contributed by atoms with Gasteiger partial charge in [0, 0.05) is 18.9 Å². The van der Waals surface area contributed by atoms with E-state index in [0.29, 0.717) is 34.9 Å². The smallest absolute Gasteiger partial charge is 0.271 e. The lowest BCUT2D eigenvalue weighted by molar-refractivity contribution is 0.0949. The van der Waals surface area contributed by atoms with Crippen LogP contribution in [0.25, 0.3) is 5.65 Å². The van der Waals surface area contributed by atoms with E-state index < -0.39 is 0 Å². The molecule has 0 saturated carbocycles. The van der Waals surface area contributed by atoms with Gasteiger partial charge in [0.15, 0.2) is 0 Å². The predicted molar refractivity (Wildman–Crippen MR) is 82.6 cm³/mol. The molecule has 0 unspecified atom stereocenters. The Labute approximate surface area is 131 Å². The first-order valence-electron chi connectivity index (χ1n) is 6.79. The Bertz CT molecular complexity index is 831. The number of imidazole rings is 1. The van der Waals surface area contributed by atoms with Gasteiger partial charge in [0.2, 0.25) is 0 Å². The first kappa shape index (κ1) is 14.5. The van der Waals surface area contributed by atoms with Gasteiger partial charge in [-0.15, -0.1) is 0 Å². The maximum atomic E-state index is 13.5. The summed E-state index contributed by atoms with van der Waals surface area (Å²) in [7, 11) is 0. The molecule has 112 valence electrons. The van der Waals surface area contributed by atoms with Crippen molar-refractivity contribution < 1.29 is 9.18 Å². The van der Waals surface area contributed by atoms with Gasteiger partial charge in [-0.25, -0.2) is 9.37 Å². The third-order valence-electron chi connectivity index (χ3n) is 3.29. The van der Waals surface area contributed by atoms with Crippen LogP contribution in [0.5, 0.6) is 0 Å². The molecule has 1 aromatic carbocycles. The second-order valence-corrected chi connectivity index (χ2v) is 5.27. The van der Waals surface area contributed by atoms with Crippen LogP contribution in [0.3, 0.4) is 0 Å². The fourth-order valence-electron chi connectivity index (χ4n) is 2.18. The van der Waals surface area contributed by atoms with Crippen molar-refractivity contribution in [1.29, 1.82) is 0 Å². The molecule has 1 amide bonds. The molecule has 1 N–H and O–H groups in total. The molecule has 0 bridgehead atoms. The summed E-state index contributed by atoms with van der Waals surface area (Å²) in [5.74, 6) is -0.560. The molecule has 0 aliphatic heterocycles. The highest BCUT2D eigenvalue weighted by molar-refractivity contribution is 6.30. The Hall–Kier alpha value is -2.40. The van der Waals surface area contributed by atoms with E-state index in [1.165, 1.54) is 6.07 Å². The number of carbonyl (C=O) groups is 1. The second kappa shape index (κ2) is 6.15. The zero-order valence-corrected chi connectivity index (χ0v) is 12.3. The van der Waals surface area contributed by atoms with Crippen LogP contribution in [0.2, 0.25) is 5.02 Å². The average Bonchev–Trinajstić information content (AvgIpc) is 2.92. The Kier molecular flexibility index (Phi) is 4.06. The molecule has 0 fully saturated rings. The predicted octanol–water partition coefficient (Wildman–Crippen LogP) is 3.10. The monoisotopic (exact) mass is 317 g/mol. The Morgan fingerprint density at radius 3 is 2.86 bits per heavy atom. The summed E-state index contributed by atoms with van der Waals surface area (Å²) in [4.78, 5) is 16.3. The standard InChI is InChI=1S/C16H13ClFN3O/c17-12-5-6-15-20-14(10-21(15)9-12)16(22)19-8-7-11-3-1-2-4-13(11)18/h1-6,9-10H,7-8H2,(H,19,22). The lowest BCUT2D eigenvalue weighted by Crippen LogP contribution is -2.26.